The third kappa shape index (κ3) is 2.87. The quantitative estimate of drug-likeness (QED) is 0.446. The van der Waals surface area contributed by atoms with Crippen LogP contribution in [0.1, 0.15) is 5.01 Å². The third-order valence-electron chi connectivity index (χ3n) is 4.40. The van der Waals surface area contributed by atoms with E-state index in [0.29, 0.717) is 17.9 Å². The molecule has 0 saturated carbocycles. The van der Waals surface area contributed by atoms with Gasteiger partial charge >= 0.3 is 0 Å². The lowest BCUT2D eigenvalue weighted by molar-refractivity contribution is 0.290. The van der Waals surface area contributed by atoms with Gasteiger partial charge in [-0.05, 0) is 29.8 Å². The van der Waals surface area contributed by atoms with Crippen LogP contribution in [0.2, 0.25) is 0 Å². The summed E-state index contributed by atoms with van der Waals surface area (Å²) in [5.41, 5.74) is 2.63. The Morgan fingerprint density at radius 3 is 2.79 bits per heavy atom. The van der Waals surface area contributed by atoms with E-state index < -0.39 is 0 Å². The van der Waals surface area contributed by atoms with E-state index in [0.717, 1.165) is 31.1 Å². The fourth-order valence-corrected chi connectivity index (χ4v) is 4.95. The maximum Gasteiger partial charge on any atom is 0.276 e. The van der Waals surface area contributed by atoms with E-state index in [-0.39, 0.29) is 5.56 Å². The first-order valence-corrected chi connectivity index (χ1v) is 10.3. The number of fused-ring (bicyclic) bond motifs is 2. The number of rotatable bonds is 4. The number of ether oxygens (including phenoxy) is 1. The van der Waals surface area contributed by atoms with Crippen molar-refractivity contribution in [2.24, 2.45) is 7.05 Å². The van der Waals surface area contributed by atoms with Gasteiger partial charge in [-0.1, -0.05) is 12.1 Å². The molecule has 0 fully saturated rings. The average molecular weight is 406 g/mol. The van der Waals surface area contributed by atoms with E-state index >= 15 is 0 Å². The molecule has 0 amide bonds. The van der Waals surface area contributed by atoms with E-state index in [1.54, 1.807) is 30.8 Å². The molecule has 0 saturated heterocycles. The SMILES string of the molecule is Cn1nc(OCc2nc3ccccc3s2)c2scc(-c3ccncc3)c2c1=O. The van der Waals surface area contributed by atoms with Gasteiger partial charge in [-0.2, -0.15) is 0 Å². The van der Waals surface area contributed by atoms with Crippen LogP contribution in [0.15, 0.2) is 59.0 Å². The number of hydrogen-bond donors (Lipinski definition) is 0. The minimum Gasteiger partial charge on any atom is -0.468 e. The zero-order valence-corrected chi connectivity index (χ0v) is 16.5. The Balaban J connectivity index is 1.55. The molecule has 0 unspecified atom stereocenters. The molecule has 8 heteroatoms. The number of aryl methyl sites for hydroxylation is 1. The summed E-state index contributed by atoms with van der Waals surface area (Å²) in [5.74, 6) is 0.446. The van der Waals surface area contributed by atoms with Crippen LogP contribution in [0.5, 0.6) is 5.88 Å². The molecule has 4 heterocycles. The molecule has 0 spiro atoms. The van der Waals surface area contributed by atoms with Crippen molar-refractivity contribution >= 4 is 43.0 Å². The second kappa shape index (κ2) is 6.81. The Kier molecular flexibility index (Phi) is 4.14. The molecule has 28 heavy (non-hydrogen) atoms. The van der Waals surface area contributed by atoms with E-state index in [2.05, 4.69) is 15.1 Å². The number of hydrogen-bond acceptors (Lipinski definition) is 7. The molecule has 138 valence electrons. The number of thiophene rings is 1. The van der Waals surface area contributed by atoms with Crippen molar-refractivity contribution in [3.8, 4) is 17.0 Å². The lowest BCUT2D eigenvalue weighted by Gasteiger charge is -2.07. The maximum atomic E-state index is 12.8. The third-order valence-corrected chi connectivity index (χ3v) is 6.37. The van der Waals surface area contributed by atoms with Crippen LogP contribution < -0.4 is 10.3 Å². The standard InChI is InChI=1S/C20H14N4O2S2/c1-24-20(25)17-13(12-6-8-21-9-7-12)11-27-18(17)19(23-24)26-10-16-22-14-4-2-3-5-15(14)28-16/h2-9,11H,10H2,1H3. The predicted molar refractivity (Wildman–Crippen MR) is 112 cm³/mol. The van der Waals surface area contributed by atoms with Crippen molar-refractivity contribution < 1.29 is 4.74 Å². The van der Waals surface area contributed by atoms with Crippen LogP contribution in [-0.4, -0.2) is 19.7 Å². The Morgan fingerprint density at radius 1 is 1.14 bits per heavy atom. The van der Waals surface area contributed by atoms with Crippen LogP contribution in [0, 0.1) is 0 Å². The number of thiazole rings is 1. The van der Waals surface area contributed by atoms with Crippen molar-refractivity contribution in [1.29, 1.82) is 0 Å². The first kappa shape index (κ1) is 17.0. The number of pyridine rings is 1. The number of nitrogens with zero attached hydrogens (tertiary/aromatic N) is 4. The second-order valence-corrected chi connectivity index (χ2v) is 8.18. The zero-order valence-electron chi connectivity index (χ0n) is 14.8. The summed E-state index contributed by atoms with van der Waals surface area (Å²) in [6, 6.07) is 11.8. The summed E-state index contributed by atoms with van der Waals surface area (Å²) < 4.78 is 9.19. The molecule has 0 atom stereocenters. The highest BCUT2D eigenvalue weighted by molar-refractivity contribution is 7.18. The minimum absolute atomic E-state index is 0.143. The van der Waals surface area contributed by atoms with E-state index in [4.69, 9.17) is 4.74 Å². The number of para-hydroxylation sites is 1. The lowest BCUT2D eigenvalue weighted by Crippen LogP contribution is -2.20. The largest absolute Gasteiger partial charge is 0.468 e. The smallest absolute Gasteiger partial charge is 0.276 e. The number of aromatic nitrogens is 4. The van der Waals surface area contributed by atoms with Crippen LogP contribution in [0.3, 0.4) is 0 Å². The molecule has 6 nitrogen and oxygen atoms in total. The summed E-state index contributed by atoms with van der Waals surface area (Å²) >= 11 is 3.06. The molecule has 4 aromatic heterocycles. The lowest BCUT2D eigenvalue weighted by atomic mass is 10.1. The molecule has 1 aromatic carbocycles. The van der Waals surface area contributed by atoms with Crippen molar-refractivity contribution in [1.82, 2.24) is 19.7 Å². The molecule has 0 aliphatic carbocycles. The monoisotopic (exact) mass is 406 g/mol. The van der Waals surface area contributed by atoms with Crippen molar-refractivity contribution in [3.63, 3.8) is 0 Å². The maximum absolute atomic E-state index is 12.8. The summed E-state index contributed by atoms with van der Waals surface area (Å²) in [4.78, 5) is 21.4. The highest BCUT2D eigenvalue weighted by Gasteiger charge is 2.18. The topological polar surface area (TPSA) is 69.9 Å². The van der Waals surface area contributed by atoms with Crippen molar-refractivity contribution in [3.05, 3.63) is 69.5 Å². The average Bonchev–Trinajstić information content (AvgIpc) is 3.34. The van der Waals surface area contributed by atoms with Crippen LogP contribution in [0.25, 0.3) is 31.4 Å². The Hall–Kier alpha value is -3.10. The minimum atomic E-state index is -0.143. The highest BCUT2D eigenvalue weighted by atomic mass is 32.1. The Labute approximate surface area is 167 Å². The van der Waals surface area contributed by atoms with E-state index in [9.17, 15) is 4.79 Å². The fraction of sp³-hybridized carbons (Fsp3) is 0.100. The van der Waals surface area contributed by atoms with E-state index in [1.165, 1.54) is 16.0 Å². The van der Waals surface area contributed by atoms with Crippen molar-refractivity contribution in [2.45, 2.75) is 6.61 Å². The molecule has 0 aliphatic heterocycles. The Morgan fingerprint density at radius 2 is 1.96 bits per heavy atom. The summed E-state index contributed by atoms with van der Waals surface area (Å²) in [6.07, 6.45) is 3.43. The van der Waals surface area contributed by atoms with Gasteiger partial charge in [-0.3, -0.25) is 9.78 Å². The van der Waals surface area contributed by atoms with Gasteiger partial charge in [0.15, 0.2) is 0 Å². The summed E-state index contributed by atoms with van der Waals surface area (Å²) in [7, 11) is 1.64. The van der Waals surface area contributed by atoms with Gasteiger partial charge in [0.25, 0.3) is 5.56 Å². The highest BCUT2D eigenvalue weighted by Crippen LogP contribution is 2.36. The van der Waals surface area contributed by atoms with Crippen LogP contribution in [-0.2, 0) is 13.7 Å². The molecule has 0 bridgehead atoms. The molecule has 5 aromatic rings. The molecule has 5 rings (SSSR count). The molecule has 0 N–H and O–H groups in total. The van der Waals surface area contributed by atoms with Crippen molar-refractivity contribution in [2.75, 3.05) is 0 Å². The van der Waals surface area contributed by atoms with Gasteiger partial charge < -0.3 is 4.74 Å². The van der Waals surface area contributed by atoms with E-state index in [1.807, 2.05) is 41.8 Å². The fourth-order valence-electron chi connectivity index (χ4n) is 3.07. The molecule has 0 radical (unpaired) electrons. The van der Waals surface area contributed by atoms with Gasteiger partial charge in [0, 0.05) is 30.4 Å². The molecular weight excluding hydrogens is 392 g/mol. The number of benzene rings is 1. The predicted octanol–water partition coefficient (Wildman–Crippen LogP) is 4.25. The second-order valence-electron chi connectivity index (χ2n) is 6.19. The van der Waals surface area contributed by atoms with Gasteiger partial charge in [0.1, 0.15) is 16.3 Å². The summed E-state index contributed by atoms with van der Waals surface area (Å²) in [6.45, 7) is 0.308. The summed E-state index contributed by atoms with van der Waals surface area (Å²) in [5, 5.41) is 7.79. The van der Waals surface area contributed by atoms with Crippen LogP contribution in [0.4, 0.5) is 0 Å². The first-order valence-electron chi connectivity index (χ1n) is 8.57. The van der Waals surface area contributed by atoms with Gasteiger partial charge in [-0.15, -0.1) is 27.8 Å². The first-order chi connectivity index (χ1) is 13.7. The van der Waals surface area contributed by atoms with Crippen LogP contribution >= 0.6 is 22.7 Å². The molecular formula is C20H14N4O2S2. The molecule has 0 aliphatic rings. The zero-order chi connectivity index (χ0) is 19.1. The van der Waals surface area contributed by atoms with Gasteiger partial charge in [-0.25, -0.2) is 9.67 Å². The van der Waals surface area contributed by atoms with Gasteiger partial charge in [0.05, 0.1) is 15.6 Å². The van der Waals surface area contributed by atoms with Gasteiger partial charge in [0.2, 0.25) is 5.88 Å². The normalized spacial score (nSPS) is 11.3. The Bertz CT molecular complexity index is 1320.